The Bertz CT molecular complexity index is 326. The van der Waals surface area contributed by atoms with Crippen LogP contribution in [0.25, 0.3) is 0 Å². The molecule has 0 aliphatic carbocycles. The lowest BCUT2D eigenvalue weighted by molar-refractivity contribution is 0.0685. The number of nitrogens with zero attached hydrogens (tertiary/aromatic N) is 1. The molecule has 3 heteroatoms. The van der Waals surface area contributed by atoms with Crippen LogP contribution in [0.3, 0.4) is 0 Å². The summed E-state index contributed by atoms with van der Waals surface area (Å²) >= 11 is 0. The predicted octanol–water partition coefficient (Wildman–Crippen LogP) is 2.72. The standard InChI is InChI=1S/C11H17NO2/c1-4-5-12-7-9(8(2)3)6-10(12)11(13)14/h6-8H,4-5H2,1-3H3,(H,13,14). The number of carboxylic acid groups (broad SMARTS) is 1. The summed E-state index contributed by atoms with van der Waals surface area (Å²) in [6.07, 6.45) is 2.89. The molecule has 0 bridgehead atoms. The highest BCUT2D eigenvalue weighted by molar-refractivity contribution is 5.86. The zero-order chi connectivity index (χ0) is 10.7. The number of carbonyl (C=O) groups is 1. The van der Waals surface area contributed by atoms with Gasteiger partial charge in [-0.05, 0) is 24.0 Å². The van der Waals surface area contributed by atoms with E-state index in [-0.39, 0.29) is 0 Å². The van der Waals surface area contributed by atoms with Crippen molar-refractivity contribution in [1.82, 2.24) is 4.57 Å². The molecule has 0 saturated heterocycles. The molecule has 1 rings (SSSR count). The molecule has 0 aliphatic rings. The van der Waals surface area contributed by atoms with Gasteiger partial charge in [0.05, 0.1) is 0 Å². The van der Waals surface area contributed by atoms with Crippen molar-refractivity contribution in [2.45, 2.75) is 39.7 Å². The molecule has 1 aromatic heterocycles. The molecule has 14 heavy (non-hydrogen) atoms. The first-order valence-electron chi connectivity index (χ1n) is 4.99. The van der Waals surface area contributed by atoms with E-state index in [2.05, 4.69) is 13.8 Å². The van der Waals surface area contributed by atoms with Crippen molar-refractivity contribution in [1.29, 1.82) is 0 Å². The number of hydrogen-bond acceptors (Lipinski definition) is 1. The van der Waals surface area contributed by atoms with Crippen LogP contribution in [0.2, 0.25) is 0 Å². The van der Waals surface area contributed by atoms with Crippen molar-refractivity contribution in [3.8, 4) is 0 Å². The highest BCUT2D eigenvalue weighted by Crippen LogP contribution is 2.18. The summed E-state index contributed by atoms with van der Waals surface area (Å²) in [5, 5.41) is 8.97. The molecule has 0 radical (unpaired) electrons. The molecule has 78 valence electrons. The van der Waals surface area contributed by atoms with Gasteiger partial charge in [0.15, 0.2) is 0 Å². The van der Waals surface area contributed by atoms with Gasteiger partial charge in [0.25, 0.3) is 0 Å². The Morgan fingerprint density at radius 2 is 2.21 bits per heavy atom. The highest BCUT2D eigenvalue weighted by atomic mass is 16.4. The first-order valence-corrected chi connectivity index (χ1v) is 4.99. The van der Waals surface area contributed by atoms with Crippen LogP contribution in [0.4, 0.5) is 0 Å². The largest absolute Gasteiger partial charge is 0.477 e. The molecule has 0 spiro atoms. The molecule has 0 fully saturated rings. The van der Waals surface area contributed by atoms with E-state index in [0.717, 1.165) is 18.5 Å². The molecule has 3 nitrogen and oxygen atoms in total. The van der Waals surface area contributed by atoms with Crippen molar-refractivity contribution >= 4 is 5.97 Å². The lowest BCUT2D eigenvalue weighted by Gasteiger charge is -2.02. The summed E-state index contributed by atoms with van der Waals surface area (Å²) in [5.74, 6) is -0.462. The van der Waals surface area contributed by atoms with E-state index in [1.165, 1.54) is 0 Å². The van der Waals surface area contributed by atoms with Gasteiger partial charge in [0.1, 0.15) is 5.69 Å². The van der Waals surface area contributed by atoms with Crippen LogP contribution in [-0.4, -0.2) is 15.6 Å². The molecule has 1 heterocycles. The number of aromatic nitrogens is 1. The van der Waals surface area contributed by atoms with Crippen LogP contribution in [-0.2, 0) is 6.54 Å². The maximum atomic E-state index is 10.9. The second-order valence-electron chi connectivity index (χ2n) is 3.81. The fourth-order valence-electron chi connectivity index (χ4n) is 1.45. The lowest BCUT2D eigenvalue weighted by Crippen LogP contribution is -2.06. The summed E-state index contributed by atoms with van der Waals surface area (Å²) in [5.41, 5.74) is 1.49. The molecule has 1 aromatic rings. The normalized spacial score (nSPS) is 10.9. The van der Waals surface area contributed by atoms with Crippen LogP contribution < -0.4 is 0 Å². The number of carboxylic acids is 1. The Balaban J connectivity index is 3.05. The second kappa shape index (κ2) is 4.31. The van der Waals surface area contributed by atoms with Crippen LogP contribution in [0.1, 0.15) is 49.2 Å². The van der Waals surface area contributed by atoms with Crippen molar-refractivity contribution in [3.63, 3.8) is 0 Å². The Morgan fingerprint density at radius 1 is 1.57 bits per heavy atom. The van der Waals surface area contributed by atoms with Crippen molar-refractivity contribution < 1.29 is 9.90 Å². The smallest absolute Gasteiger partial charge is 0.352 e. The molecule has 0 unspecified atom stereocenters. The van der Waals surface area contributed by atoms with Gasteiger partial charge in [-0.2, -0.15) is 0 Å². The van der Waals surface area contributed by atoms with Gasteiger partial charge in [0, 0.05) is 12.7 Å². The van der Waals surface area contributed by atoms with Crippen molar-refractivity contribution in [2.24, 2.45) is 0 Å². The average Bonchev–Trinajstić information content (AvgIpc) is 2.49. The van der Waals surface area contributed by atoms with E-state index in [4.69, 9.17) is 5.11 Å². The summed E-state index contributed by atoms with van der Waals surface area (Å²) in [6, 6.07) is 1.77. The lowest BCUT2D eigenvalue weighted by atomic mass is 10.1. The minimum atomic E-state index is -0.842. The van der Waals surface area contributed by atoms with E-state index in [9.17, 15) is 4.79 Å². The first-order chi connectivity index (χ1) is 6.56. The Kier molecular flexibility index (Phi) is 3.33. The fraction of sp³-hybridized carbons (Fsp3) is 0.545. The van der Waals surface area contributed by atoms with Crippen LogP contribution in [0.15, 0.2) is 12.3 Å². The molecule has 0 aromatic carbocycles. The van der Waals surface area contributed by atoms with Crippen LogP contribution in [0, 0.1) is 0 Å². The first kappa shape index (κ1) is 10.8. The minimum Gasteiger partial charge on any atom is -0.477 e. The number of aryl methyl sites for hydroxylation is 1. The molecule has 0 atom stereocenters. The topological polar surface area (TPSA) is 42.2 Å². The van der Waals surface area contributed by atoms with Gasteiger partial charge in [-0.3, -0.25) is 0 Å². The zero-order valence-electron chi connectivity index (χ0n) is 8.95. The number of aromatic carboxylic acids is 1. The average molecular weight is 195 g/mol. The third kappa shape index (κ3) is 2.16. The quantitative estimate of drug-likeness (QED) is 0.802. The van der Waals surface area contributed by atoms with E-state index < -0.39 is 5.97 Å². The van der Waals surface area contributed by atoms with Crippen molar-refractivity contribution in [3.05, 3.63) is 23.5 Å². The third-order valence-electron chi connectivity index (χ3n) is 2.27. The Morgan fingerprint density at radius 3 is 2.64 bits per heavy atom. The summed E-state index contributed by atoms with van der Waals surface area (Å²) < 4.78 is 1.82. The summed E-state index contributed by atoms with van der Waals surface area (Å²) in [7, 11) is 0. The predicted molar refractivity (Wildman–Crippen MR) is 55.8 cm³/mol. The molecular formula is C11H17NO2. The molecule has 0 saturated carbocycles. The second-order valence-corrected chi connectivity index (χ2v) is 3.81. The van der Waals surface area contributed by atoms with Gasteiger partial charge < -0.3 is 9.67 Å². The van der Waals surface area contributed by atoms with Gasteiger partial charge in [-0.1, -0.05) is 20.8 Å². The number of rotatable bonds is 4. The SMILES string of the molecule is CCCn1cc(C(C)C)cc1C(=O)O. The molecular weight excluding hydrogens is 178 g/mol. The fourth-order valence-corrected chi connectivity index (χ4v) is 1.45. The van der Waals surface area contributed by atoms with Crippen LogP contribution in [0.5, 0.6) is 0 Å². The van der Waals surface area contributed by atoms with Gasteiger partial charge in [-0.15, -0.1) is 0 Å². The molecule has 1 N–H and O–H groups in total. The van der Waals surface area contributed by atoms with Crippen LogP contribution >= 0.6 is 0 Å². The Hall–Kier alpha value is -1.25. The highest BCUT2D eigenvalue weighted by Gasteiger charge is 2.13. The minimum absolute atomic E-state index is 0.381. The third-order valence-corrected chi connectivity index (χ3v) is 2.27. The zero-order valence-corrected chi connectivity index (χ0v) is 8.95. The monoisotopic (exact) mass is 195 g/mol. The summed E-state index contributed by atoms with van der Waals surface area (Å²) in [4.78, 5) is 10.9. The Labute approximate surface area is 84.4 Å². The van der Waals surface area contributed by atoms with E-state index >= 15 is 0 Å². The van der Waals surface area contributed by atoms with E-state index in [0.29, 0.717) is 11.6 Å². The maximum Gasteiger partial charge on any atom is 0.352 e. The van der Waals surface area contributed by atoms with E-state index in [1.807, 2.05) is 17.7 Å². The van der Waals surface area contributed by atoms with Gasteiger partial charge in [0.2, 0.25) is 0 Å². The van der Waals surface area contributed by atoms with E-state index in [1.54, 1.807) is 6.07 Å². The maximum absolute atomic E-state index is 10.9. The molecule has 0 amide bonds. The summed E-state index contributed by atoms with van der Waals surface area (Å²) in [6.45, 7) is 6.95. The van der Waals surface area contributed by atoms with Crippen molar-refractivity contribution in [2.75, 3.05) is 0 Å². The molecule has 0 aliphatic heterocycles. The van der Waals surface area contributed by atoms with Gasteiger partial charge in [-0.25, -0.2) is 4.79 Å². The number of hydrogen-bond donors (Lipinski definition) is 1. The van der Waals surface area contributed by atoms with Gasteiger partial charge >= 0.3 is 5.97 Å².